The summed E-state index contributed by atoms with van der Waals surface area (Å²) in [5, 5.41) is 7.90. The molecule has 80 valence electrons. The third-order valence-electron chi connectivity index (χ3n) is 2.28. The molecule has 1 aromatic rings. The summed E-state index contributed by atoms with van der Waals surface area (Å²) >= 11 is 7.07. The Bertz CT molecular complexity index is 277. The molecule has 0 radical (unpaired) electrons. The second-order valence-corrected chi connectivity index (χ2v) is 5.68. The molecule has 1 rings (SSSR count). The lowest BCUT2D eigenvalue weighted by molar-refractivity contribution is 0.566. The van der Waals surface area contributed by atoms with Gasteiger partial charge in [0.05, 0.1) is 5.69 Å². The molecule has 1 unspecified atom stereocenters. The Labute approximate surface area is 102 Å². The zero-order valence-corrected chi connectivity index (χ0v) is 11.8. The van der Waals surface area contributed by atoms with Crippen molar-refractivity contribution >= 4 is 31.9 Å². The van der Waals surface area contributed by atoms with Gasteiger partial charge in [-0.2, -0.15) is 0 Å². The third-order valence-corrected chi connectivity index (χ3v) is 4.41. The van der Waals surface area contributed by atoms with Crippen molar-refractivity contribution in [2.24, 2.45) is 13.0 Å². The summed E-state index contributed by atoms with van der Waals surface area (Å²) in [7, 11) is 1.92. The molecule has 1 heterocycles. The molecular weight excluding hydrogens is 310 g/mol. The van der Waals surface area contributed by atoms with Gasteiger partial charge in [-0.3, -0.25) is 4.68 Å². The lowest BCUT2D eigenvalue weighted by atomic mass is 10.1. The van der Waals surface area contributed by atoms with E-state index in [1.807, 2.05) is 11.7 Å². The van der Waals surface area contributed by atoms with Crippen LogP contribution in [-0.2, 0) is 13.5 Å². The van der Waals surface area contributed by atoms with Crippen LogP contribution >= 0.6 is 31.9 Å². The summed E-state index contributed by atoms with van der Waals surface area (Å²) in [6.45, 7) is 4.44. The van der Waals surface area contributed by atoms with E-state index >= 15 is 0 Å². The summed E-state index contributed by atoms with van der Waals surface area (Å²) in [5.41, 5.74) is 1.16. The minimum Gasteiger partial charge on any atom is -0.251 e. The van der Waals surface area contributed by atoms with Gasteiger partial charge in [0.25, 0.3) is 0 Å². The molecule has 0 aliphatic carbocycles. The summed E-state index contributed by atoms with van der Waals surface area (Å²) in [6.07, 6.45) is 2.11. The predicted molar refractivity (Wildman–Crippen MR) is 64.6 cm³/mol. The fourth-order valence-electron chi connectivity index (χ4n) is 1.22. The lowest BCUT2D eigenvalue weighted by Gasteiger charge is -2.12. The predicted octanol–water partition coefficient (Wildman–Crippen LogP) is 2.93. The van der Waals surface area contributed by atoms with E-state index in [0.29, 0.717) is 10.7 Å². The molecule has 0 aromatic carbocycles. The van der Waals surface area contributed by atoms with Crippen molar-refractivity contribution < 1.29 is 0 Å². The number of halogens is 2. The van der Waals surface area contributed by atoms with E-state index in [4.69, 9.17) is 0 Å². The molecule has 0 aliphatic rings. The van der Waals surface area contributed by atoms with Crippen LogP contribution in [0.15, 0.2) is 4.60 Å². The van der Waals surface area contributed by atoms with Crippen LogP contribution in [0.2, 0.25) is 0 Å². The number of nitrogens with zero attached hydrogens (tertiary/aromatic N) is 3. The average Bonchev–Trinajstić information content (AvgIpc) is 2.43. The molecule has 0 N–H and O–H groups in total. The number of hydrogen-bond acceptors (Lipinski definition) is 2. The van der Waals surface area contributed by atoms with E-state index in [2.05, 4.69) is 56.0 Å². The zero-order chi connectivity index (χ0) is 10.7. The molecule has 1 aromatic heterocycles. The van der Waals surface area contributed by atoms with Crippen LogP contribution in [0, 0.1) is 5.92 Å². The number of aromatic nitrogens is 3. The average molecular weight is 325 g/mol. The topological polar surface area (TPSA) is 30.7 Å². The number of aryl methyl sites for hydroxylation is 1. The first-order chi connectivity index (χ1) is 6.52. The molecule has 0 amide bonds. The molecule has 0 aliphatic heterocycles. The van der Waals surface area contributed by atoms with Crippen molar-refractivity contribution in [2.45, 2.75) is 31.5 Å². The van der Waals surface area contributed by atoms with Gasteiger partial charge in [-0.1, -0.05) is 35.0 Å². The Hall–Kier alpha value is 0.1000. The smallest absolute Gasteiger partial charge is 0.151 e. The highest BCUT2D eigenvalue weighted by Gasteiger charge is 2.13. The normalized spacial score (nSPS) is 13.6. The minimum atomic E-state index is 0.560. The zero-order valence-electron chi connectivity index (χ0n) is 8.67. The van der Waals surface area contributed by atoms with Gasteiger partial charge in [0.15, 0.2) is 4.60 Å². The van der Waals surface area contributed by atoms with Gasteiger partial charge in [-0.15, -0.1) is 5.10 Å². The second kappa shape index (κ2) is 5.26. The van der Waals surface area contributed by atoms with E-state index in [0.717, 1.165) is 23.1 Å². The van der Waals surface area contributed by atoms with Crippen molar-refractivity contribution in [3.05, 3.63) is 10.3 Å². The summed E-state index contributed by atoms with van der Waals surface area (Å²) in [5.74, 6) is 0.662. The van der Waals surface area contributed by atoms with Crippen molar-refractivity contribution in [3.8, 4) is 0 Å². The quantitative estimate of drug-likeness (QED) is 0.797. The maximum absolute atomic E-state index is 3.95. The standard InChI is InChI=1S/C9H15Br2N3/c1-6(2)7(10)4-5-8-9(11)12-13-14(8)3/h6-7H,4-5H2,1-3H3. The molecule has 0 saturated heterocycles. The highest BCUT2D eigenvalue weighted by molar-refractivity contribution is 9.10. The first kappa shape index (κ1) is 12.2. The van der Waals surface area contributed by atoms with Crippen LogP contribution in [0.1, 0.15) is 26.0 Å². The van der Waals surface area contributed by atoms with Crippen molar-refractivity contribution in [1.82, 2.24) is 15.0 Å². The Morgan fingerprint density at radius 3 is 2.50 bits per heavy atom. The Morgan fingerprint density at radius 1 is 1.43 bits per heavy atom. The first-order valence-electron chi connectivity index (χ1n) is 4.70. The van der Waals surface area contributed by atoms with Crippen molar-refractivity contribution in [1.29, 1.82) is 0 Å². The van der Waals surface area contributed by atoms with Crippen LogP contribution in [0.4, 0.5) is 0 Å². The Kier molecular flexibility index (Phi) is 4.57. The van der Waals surface area contributed by atoms with E-state index < -0.39 is 0 Å². The van der Waals surface area contributed by atoms with E-state index in [-0.39, 0.29) is 0 Å². The van der Waals surface area contributed by atoms with E-state index in [1.54, 1.807) is 0 Å². The van der Waals surface area contributed by atoms with Gasteiger partial charge in [0.1, 0.15) is 0 Å². The molecule has 0 spiro atoms. The SMILES string of the molecule is CC(C)C(Br)CCc1c(Br)nnn1C. The highest BCUT2D eigenvalue weighted by Crippen LogP contribution is 2.20. The fraction of sp³-hybridized carbons (Fsp3) is 0.778. The number of rotatable bonds is 4. The maximum Gasteiger partial charge on any atom is 0.151 e. The van der Waals surface area contributed by atoms with Crippen LogP contribution in [0.3, 0.4) is 0 Å². The largest absolute Gasteiger partial charge is 0.251 e. The van der Waals surface area contributed by atoms with Crippen LogP contribution < -0.4 is 0 Å². The van der Waals surface area contributed by atoms with Gasteiger partial charge >= 0.3 is 0 Å². The minimum absolute atomic E-state index is 0.560. The van der Waals surface area contributed by atoms with Crippen LogP contribution in [0.25, 0.3) is 0 Å². The number of hydrogen-bond donors (Lipinski definition) is 0. The fourth-order valence-corrected chi connectivity index (χ4v) is 1.98. The highest BCUT2D eigenvalue weighted by atomic mass is 79.9. The van der Waals surface area contributed by atoms with E-state index in [1.165, 1.54) is 0 Å². The molecule has 3 nitrogen and oxygen atoms in total. The molecule has 5 heteroatoms. The Morgan fingerprint density at radius 2 is 2.07 bits per heavy atom. The monoisotopic (exact) mass is 323 g/mol. The molecule has 1 atom stereocenters. The summed E-state index contributed by atoms with van der Waals surface area (Å²) in [4.78, 5) is 0.560. The van der Waals surface area contributed by atoms with Crippen LogP contribution in [-0.4, -0.2) is 19.8 Å². The summed E-state index contributed by atoms with van der Waals surface area (Å²) < 4.78 is 2.69. The lowest BCUT2D eigenvalue weighted by Crippen LogP contribution is -2.10. The molecule has 0 saturated carbocycles. The van der Waals surface area contributed by atoms with Crippen LogP contribution in [0.5, 0.6) is 0 Å². The third kappa shape index (κ3) is 3.05. The molecular formula is C9H15Br2N3. The molecule has 0 bridgehead atoms. The van der Waals surface area contributed by atoms with Gasteiger partial charge < -0.3 is 0 Å². The van der Waals surface area contributed by atoms with Gasteiger partial charge in [-0.05, 0) is 34.7 Å². The molecule has 0 fully saturated rings. The maximum atomic E-state index is 3.95. The first-order valence-corrected chi connectivity index (χ1v) is 6.41. The van der Waals surface area contributed by atoms with Gasteiger partial charge in [-0.25, -0.2) is 0 Å². The summed E-state index contributed by atoms with van der Waals surface area (Å²) in [6, 6.07) is 0. The van der Waals surface area contributed by atoms with Crippen molar-refractivity contribution in [2.75, 3.05) is 0 Å². The van der Waals surface area contributed by atoms with Crippen molar-refractivity contribution in [3.63, 3.8) is 0 Å². The molecule has 14 heavy (non-hydrogen) atoms. The van der Waals surface area contributed by atoms with Gasteiger partial charge in [0, 0.05) is 11.9 Å². The van der Waals surface area contributed by atoms with Gasteiger partial charge in [0.2, 0.25) is 0 Å². The number of alkyl halides is 1. The Balaban J connectivity index is 2.53. The van der Waals surface area contributed by atoms with E-state index in [9.17, 15) is 0 Å². The second-order valence-electron chi connectivity index (χ2n) is 3.75.